The largest absolute Gasteiger partial charge is 0.508 e. The molecule has 3 aromatic rings. The van der Waals surface area contributed by atoms with Crippen LogP contribution in [0.4, 0.5) is 0 Å². The SMILES string of the molecule is O=C(O)c1cc(-c2cccnc2)nn1-c1cccc(O)c1. The standard InChI is InChI=1S/C15H11N3O3/c19-12-5-1-4-11(7-12)18-14(15(20)21)8-13(17-18)10-3-2-6-16-9-10/h1-9,19H,(H,20,21). The molecule has 0 aliphatic carbocycles. The Balaban J connectivity index is 2.16. The average Bonchev–Trinajstić information content (AvgIpc) is 2.93. The third kappa shape index (κ3) is 2.46. The van der Waals surface area contributed by atoms with E-state index in [1.807, 2.05) is 0 Å². The van der Waals surface area contributed by atoms with Crippen molar-refractivity contribution in [3.8, 4) is 22.7 Å². The molecular formula is C15H11N3O3. The minimum atomic E-state index is -1.10. The van der Waals surface area contributed by atoms with Gasteiger partial charge in [-0.15, -0.1) is 0 Å². The van der Waals surface area contributed by atoms with Gasteiger partial charge in [0, 0.05) is 24.0 Å². The fraction of sp³-hybridized carbons (Fsp3) is 0. The fourth-order valence-electron chi connectivity index (χ4n) is 2.01. The van der Waals surface area contributed by atoms with Gasteiger partial charge in [0.2, 0.25) is 0 Å². The zero-order chi connectivity index (χ0) is 14.8. The van der Waals surface area contributed by atoms with Crippen LogP contribution < -0.4 is 0 Å². The zero-order valence-electron chi connectivity index (χ0n) is 10.8. The Bertz CT molecular complexity index is 797. The van der Waals surface area contributed by atoms with Crippen molar-refractivity contribution in [1.29, 1.82) is 0 Å². The Morgan fingerprint density at radius 2 is 2.00 bits per heavy atom. The van der Waals surface area contributed by atoms with E-state index in [1.54, 1.807) is 36.7 Å². The van der Waals surface area contributed by atoms with Crippen molar-refractivity contribution in [2.45, 2.75) is 0 Å². The van der Waals surface area contributed by atoms with Gasteiger partial charge in [-0.25, -0.2) is 9.48 Å². The van der Waals surface area contributed by atoms with Crippen molar-refractivity contribution in [2.75, 3.05) is 0 Å². The lowest BCUT2D eigenvalue weighted by Gasteiger charge is -2.04. The van der Waals surface area contributed by atoms with Gasteiger partial charge < -0.3 is 10.2 Å². The summed E-state index contributed by atoms with van der Waals surface area (Å²) in [6.07, 6.45) is 3.24. The lowest BCUT2D eigenvalue weighted by atomic mass is 10.2. The van der Waals surface area contributed by atoms with Gasteiger partial charge in [-0.2, -0.15) is 5.10 Å². The van der Waals surface area contributed by atoms with Gasteiger partial charge in [-0.3, -0.25) is 4.98 Å². The van der Waals surface area contributed by atoms with Crippen molar-refractivity contribution < 1.29 is 15.0 Å². The molecule has 2 N–H and O–H groups in total. The van der Waals surface area contributed by atoms with Crippen molar-refractivity contribution >= 4 is 5.97 Å². The van der Waals surface area contributed by atoms with E-state index in [4.69, 9.17) is 0 Å². The van der Waals surface area contributed by atoms with Gasteiger partial charge in [0.05, 0.1) is 11.4 Å². The first-order valence-electron chi connectivity index (χ1n) is 6.18. The van der Waals surface area contributed by atoms with E-state index in [9.17, 15) is 15.0 Å². The summed E-state index contributed by atoms with van der Waals surface area (Å²) in [4.78, 5) is 15.4. The molecule has 0 amide bonds. The summed E-state index contributed by atoms with van der Waals surface area (Å²) in [5, 5.41) is 23.1. The summed E-state index contributed by atoms with van der Waals surface area (Å²) in [6, 6.07) is 11.3. The number of phenols is 1. The predicted octanol–water partition coefficient (Wildman–Crippen LogP) is 2.34. The van der Waals surface area contributed by atoms with E-state index in [2.05, 4.69) is 10.1 Å². The topological polar surface area (TPSA) is 88.2 Å². The monoisotopic (exact) mass is 281 g/mol. The van der Waals surface area contributed by atoms with E-state index in [0.717, 1.165) is 5.56 Å². The van der Waals surface area contributed by atoms with Crippen LogP contribution in [0.25, 0.3) is 16.9 Å². The second-order valence-electron chi connectivity index (χ2n) is 4.39. The number of rotatable bonds is 3. The summed E-state index contributed by atoms with van der Waals surface area (Å²) >= 11 is 0. The molecule has 0 bridgehead atoms. The van der Waals surface area contributed by atoms with Crippen molar-refractivity contribution in [3.05, 3.63) is 60.6 Å². The number of nitrogens with zero attached hydrogens (tertiary/aromatic N) is 3. The number of benzene rings is 1. The van der Waals surface area contributed by atoms with Crippen molar-refractivity contribution in [1.82, 2.24) is 14.8 Å². The zero-order valence-corrected chi connectivity index (χ0v) is 10.8. The minimum absolute atomic E-state index is 0.0134. The number of carboxylic acids is 1. The van der Waals surface area contributed by atoms with Crippen molar-refractivity contribution in [3.63, 3.8) is 0 Å². The number of aromatic hydroxyl groups is 1. The normalized spacial score (nSPS) is 10.5. The summed E-state index contributed by atoms with van der Waals surface area (Å²) in [7, 11) is 0. The van der Waals surface area contributed by atoms with Crippen LogP contribution >= 0.6 is 0 Å². The molecule has 6 nitrogen and oxygen atoms in total. The molecule has 0 radical (unpaired) electrons. The van der Waals surface area contributed by atoms with Crippen LogP contribution in [0.2, 0.25) is 0 Å². The van der Waals surface area contributed by atoms with E-state index in [-0.39, 0.29) is 11.4 Å². The number of phenolic OH excluding ortho intramolecular Hbond substituents is 1. The highest BCUT2D eigenvalue weighted by Gasteiger charge is 2.16. The summed E-state index contributed by atoms with van der Waals surface area (Å²) in [5.41, 5.74) is 1.71. The third-order valence-corrected chi connectivity index (χ3v) is 2.96. The summed E-state index contributed by atoms with van der Waals surface area (Å²) in [5.74, 6) is -1.05. The van der Waals surface area contributed by atoms with Crippen LogP contribution in [-0.4, -0.2) is 30.9 Å². The maximum Gasteiger partial charge on any atom is 0.354 e. The molecule has 1 aromatic carbocycles. The molecular weight excluding hydrogens is 270 g/mol. The molecule has 0 saturated heterocycles. The predicted molar refractivity (Wildman–Crippen MR) is 75.4 cm³/mol. The molecule has 0 saturated carbocycles. The minimum Gasteiger partial charge on any atom is -0.508 e. The second-order valence-corrected chi connectivity index (χ2v) is 4.39. The molecule has 0 aliphatic rings. The highest BCUT2D eigenvalue weighted by Crippen LogP contribution is 2.22. The molecule has 0 atom stereocenters. The van der Waals surface area contributed by atoms with Crippen LogP contribution in [0.15, 0.2) is 54.9 Å². The van der Waals surface area contributed by atoms with E-state index in [1.165, 1.54) is 22.9 Å². The van der Waals surface area contributed by atoms with Gasteiger partial charge in [-0.1, -0.05) is 6.07 Å². The summed E-state index contributed by atoms with van der Waals surface area (Å²) < 4.78 is 1.28. The number of carbonyl (C=O) groups is 1. The number of carboxylic acid groups (broad SMARTS) is 1. The van der Waals surface area contributed by atoms with Gasteiger partial charge in [-0.05, 0) is 30.3 Å². The van der Waals surface area contributed by atoms with Gasteiger partial charge in [0.25, 0.3) is 0 Å². The van der Waals surface area contributed by atoms with E-state index >= 15 is 0 Å². The lowest BCUT2D eigenvalue weighted by molar-refractivity contribution is 0.0687. The van der Waals surface area contributed by atoms with Gasteiger partial charge >= 0.3 is 5.97 Å². The van der Waals surface area contributed by atoms with Gasteiger partial charge in [0.15, 0.2) is 5.69 Å². The third-order valence-electron chi connectivity index (χ3n) is 2.96. The molecule has 0 unspecified atom stereocenters. The number of aromatic nitrogens is 3. The molecule has 2 aromatic heterocycles. The average molecular weight is 281 g/mol. The first kappa shape index (κ1) is 12.9. The molecule has 6 heteroatoms. The maximum atomic E-state index is 11.4. The molecule has 21 heavy (non-hydrogen) atoms. The molecule has 3 rings (SSSR count). The van der Waals surface area contributed by atoms with E-state index < -0.39 is 5.97 Å². The number of pyridine rings is 1. The molecule has 2 heterocycles. The first-order valence-corrected chi connectivity index (χ1v) is 6.18. The maximum absolute atomic E-state index is 11.4. The highest BCUT2D eigenvalue weighted by molar-refractivity contribution is 5.88. The summed E-state index contributed by atoms with van der Waals surface area (Å²) in [6.45, 7) is 0. The quantitative estimate of drug-likeness (QED) is 0.769. The van der Waals surface area contributed by atoms with E-state index in [0.29, 0.717) is 11.4 Å². The van der Waals surface area contributed by atoms with Crippen LogP contribution in [0.3, 0.4) is 0 Å². The Morgan fingerprint density at radius 3 is 2.67 bits per heavy atom. The number of hydrogen-bond acceptors (Lipinski definition) is 4. The Kier molecular flexibility index (Phi) is 3.12. The Labute approximate surface area is 119 Å². The Hall–Kier alpha value is -3.15. The van der Waals surface area contributed by atoms with Crippen LogP contribution in [0.5, 0.6) is 5.75 Å². The first-order chi connectivity index (χ1) is 10.1. The molecule has 104 valence electrons. The molecule has 0 aliphatic heterocycles. The van der Waals surface area contributed by atoms with Crippen LogP contribution in [0, 0.1) is 0 Å². The Morgan fingerprint density at radius 1 is 1.14 bits per heavy atom. The molecule has 0 fully saturated rings. The second kappa shape index (κ2) is 5.09. The molecule has 0 spiro atoms. The number of aromatic carboxylic acids is 1. The number of hydrogen-bond donors (Lipinski definition) is 2. The smallest absolute Gasteiger partial charge is 0.354 e. The highest BCUT2D eigenvalue weighted by atomic mass is 16.4. The fourth-order valence-corrected chi connectivity index (χ4v) is 2.01. The lowest BCUT2D eigenvalue weighted by Crippen LogP contribution is -2.07. The van der Waals surface area contributed by atoms with Gasteiger partial charge in [0.1, 0.15) is 5.75 Å². The van der Waals surface area contributed by atoms with Crippen LogP contribution in [-0.2, 0) is 0 Å². The van der Waals surface area contributed by atoms with Crippen molar-refractivity contribution in [2.24, 2.45) is 0 Å². The van der Waals surface area contributed by atoms with Crippen LogP contribution in [0.1, 0.15) is 10.5 Å².